The van der Waals surface area contributed by atoms with Gasteiger partial charge in [0.15, 0.2) is 0 Å². The van der Waals surface area contributed by atoms with Crippen LogP contribution in [-0.2, 0) is 0 Å². The zero-order chi connectivity index (χ0) is 17.5. The van der Waals surface area contributed by atoms with Crippen molar-refractivity contribution >= 4 is 34.2 Å². The number of carbonyl (C=O) groups is 1. The Morgan fingerprint density at radius 3 is 2.75 bits per heavy atom. The highest BCUT2D eigenvalue weighted by Crippen LogP contribution is 2.30. The fourth-order valence-corrected chi connectivity index (χ4v) is 2.80. The largest absolute Gasteiger partial charge is 0.497 e. The van der Waals surface area contributed by atoms with Gasteiger partial charge in [-0.1, -0.05) is 25.5 Å². The molecule has 0 aliphatic heterocycles. The lowest BCUT2D eigenvalue weighted by Gasteiger charge is -2.14. The molecule has 0 bridgehead atoms. The highest BCUT2D eigenvalue weighted by Gasteiger charge is 2.14. The third-order valence-electron chi connectivity index (χ3n) is 3.63. The Morgan fingerprint density at radius 1 is 1.25 bits per heavy atom. The summed E-state index contributed by atoms with van der Waals surface area (Å²) in [6.45, 7) is 4.72. The molecule has 0 fully saturated rings. The molecule has 2 rings (SSSR count). The lowest BCUT2D eigenvalue weighted by molar-refractivity contribution is 0.102. The van der Waals surface area contributed by atoms with Gasteiger partial charge in [-0.2, -0.15) is 0 Å². The summed E-state index contributed by atoms with van der Waals surface area (Å²) in [5.41, 5.74) is 2.35. The van der Waals surface area contributed by atoms with Crippen molar-refractivity contribution in [2.45, 2.75) is 26.7 Å². The molecule has 0 saturated heterocycles. The molecule has 2 aromatic carbocycles. The molecule has 5 heteroatoms. The van der Waals surface area contributed by atoms with Crippen molar-refractivity contribution in [3.05, 3.63) is 51.1 Å². The molecule has 1 N–H and O–H groups in total. The van der Waals surface area contributed by atoms with Crippen molar-refractivity contribution in [2.75, 3.05) is 19.0 Å². The standard InChI is InChI=1S/C19H22INO3/c1-4-5-11-24-17-10-9-14(23-3)12-16(17)21-19(22)15-8-6-7-13(2)18(15)20/h6-10,12H,4-5,11H2,1-3H3,(H,21,22). The van der Waals surface area contributed by atoms with E-state index in [0.717, 1.165) is 22.0 Å². The van der Waals surface area contributed by atoms with Crippen LogP contribution in [0.2, 0.25) is 0 Å². The van der Waals surface area contributed by atoms with Gasteiger partial charge in [-0.3, -0.25) is 4.79 Å². The molecule has 0 saturated carbocycles. The summed E-state index contributed by atoms with van der Waals surface area (Å²) in [5, 5.41) is 2.95. The fraction of sp³-hybridized carbons (Fsp3) is 0.316. The predicted octanol–water partition coefficient (Wildman–Crippen LogP) is 5.04. The zero-order valence-corrected chi connectivity index (χ0v) is 16.3. The summed E-state index contributed by atoms with van der Waals surface area (Å²) < 4.78 is 12.0. The third-order valence-corrected chi connectivity index (χ3v) is 5.06. The molecule has 1 amide bonds. The van der Waals surface area contributed by atoms with E-state index in [1.165, 1.54) is 0 Å². The number of benzene rings is 2. The summed E-state index contributed by atoms with van der Waals surface area (Å²) in [5.74, 6) is 1.17. The number of rotatable bonds is 7. The van der Waals surface area contributed by atoms with Gasteiger partial charge >= 0.3 is 0 Å². The Hall–Kier alpha value is -1.76. The number of anilines is 1. The number of amides is 1. The van der Waals surface area contributed by atoms with Gasteiger partial charge in [0.2, 0.25) is 0 Å². The average Bonchev–Trinajstić information content (AvgIpc) is 2.58. The summed E-state index contributed by atoms with van der Waals surface area (Å²) in [6.07, 6.45) is 2.02. The average molecular weight is 439 g/mol. The van der Waals surface area contributed by atoms with E-state index in [4.69, 9.17) is 9.47 Å². The van der Waals surface area contributed by atoms with Gasteiger partial charge in [-0.05, 0) is 59.7 Å². The van der Waals surface area contributed by atoms with Gasteiger partial charge in [0, 0.05) is 9.64 Å². The molecule has 0 aliphatic rings. The van der Waals surface area contributed by atoms with Gasteiger partial charge in [0.1, 0.15) is 11.5 Å². The van der Waals surface area contributed by atoms with Crippen LogP contribution in [0.5, 0.6) is 11.5 Å². The minimum atomic E-state index is -0.156. The summed E-state index contributed by atoms with van der Waals surface area (Å²) in [6, 6.07) is 11.1. The second kappa shape index (κ2) is 8.92. The van der Waals surface area contributed by atoms with E-state index in [-0.39, 0.29) is 5.91 Å². The van der Waals surface area contributed by atoms with Crippen LogP contribution in [0, 0.1) is 10.5 Å². The smallest absolute Gasteiger partial charge is 0.256 e. The van der Waals surface area contributed by atoms with Gasteiger partial charge < -0.3 is 14.8 Å². The maximum Gasteiger partial charge on any atom is 0.256 e. The van der Waals surface area contributed by atoms with E-state index in [1.807, 2.05) is 37.3 Å². The van der Waals surface area contributed by atoms with E-state index in [1.54, 1.807) is 13.2 Å². The SMILES string of the molecule is CCCCOc1ccc(OC)cc1NC(=O)c1cccc(C)c1I. The van der Waals surface area contributed by atoms with Crippen LogP contribution in [0.3, 0.4) is 0 Å². The van der Waals surface area contributed by atoms with Crippen LogP contribution in [0.25, 0.3) is 0 Å². The van der Waals surface area contributed by atoms with Gasteiger partial charge in [0.05, 0.1) is 25.0 Å². The van der Waals surface area contributed by atoms with Crippen LogP contribution in [-0.4, -0.2) is 19.6 Å². The van der Waals surface area contributed by atoms with Crippen LogP contribution < -0.4 is 14.8 Å². The Kier molecular flexibility index (Phi) is 6.90. The van der Waals surface area contributed by atoms with Crippen LogP contribution in [0.15, 0.2) is 36.4 Å². The van der Waals surface area contributed by atoms with Crippen molar-refractivity contribution < 1.29 is 14.3 Å². The normalized spacial score (nSPS) is 10.3. The molecule has 0 unspecified atom stereocenters. The highest BCUT2D eigenvalue weighted by molar-refractivity contribution is 14.1. The minimum absolute atomic E-state index is 0.156. The highest BCUT2D eigenvalue weighted by atomic mass is 127. The molecule has 0 spiro atoms. The summed E-state index contributed by atoms with van der Waals surface area (Å²) in [4.78, 5) is 12.7. The number of hydrogen-bond donors (Lipinski definition) is 1. The maximum atomic E-state index is 12.7. The molecular weight excluding hydrogens is 417 g/mol. The van der Waals surface area contributed by atoms with E-state index in [9.17, 15) is 4.79 Å². The molecule has 0 radical (unpaired) electrons. The van der Waals surface area contributed by atoms with Gasteiger partial charge in [-0.15, -0.1) is 0 Å². The van der Waals surface area contributed by atoms with Crippen molar-refractivity contribution in [1.29, 1.82) is 0 Å². The number of carbonyl (C=O) groups excluding carboxylic acids is 1. The quantitative estimate of drug-likeness (QED) is 0.486. The van der Waals surface area contributed by atoms with E-state index in [2.05, 4.69) is 34.8 Å². The number of unbranched alkanes of at least 4 members (excludes halogenated alkanes) is 1. The van der Waals surface area contributed by atoms with Gasteiger partial charge in [-0.25, -0.2) is 0 Å². The molecule has 0 aliphatic carbocycles. The molecule has 0 atom stereocenters. The number of methoxy groups -OCH3 is 1. The number of hydrogen-bond acceptors (Lipinski definition) is 3. The number of aryl methyl sites for hydroxylation is 1. The van der Waals surface area contributed by atoms with Crippen molar-refractivity contribution in [3.63, 3.8) is 0 Å². The Morgan fingerprint density at radius 2 is 2.04 bits per heavy atom. The maximum absolute atomic E-state index is 12.7. The monoisotopic (exact) mass is 439 g/mol. The molecule has 2 aromatic rings. The Balaban J connectivity index is 2.25. The van der Waals surface area contributed by atoms with Crippen molar-refractivity contribution in [1.82, 2.24) is 0 Å². The molecule has 24 heavy (non-hydrogen) atoms. The first-order valence-corrected chi connectivity index (χ1v) is 9.02. The first-order chi connectivity index (χ1) is 11.6. The van der Waals surface area contributed by atoms with Gasteiger partial charge in [0.25, 0.3) is 5.91 Å². The molecule has 0 heterocycles. The molecule has 4 nitrogen and oxygen atoms in total. The zero-order valence-electron chi connectivity index (χ0n) is 14.2. The van der Waals surface area contributed by atoms with E-state index >= 15 is 0 Å². The molecule has 0 aromatic heterocycles. The van der Waals surface area contributed by atoms with Crippen LogP contribution >= 0.6 is 22.6 Å². The topological polar surface area (TPSA) is 47.6 Å². The van der Waals surface area contributed by atoms with Crippen LogP contribution in [0.1, 0.15) is 35.7 Å². The number of nitrogens with one attached hydrogen (secondary N) is 1. The van der Waals surface area contributed by atoms with Crippen LogP contribution in [0.4, 0.5) is 5.69 Å². The number of ether oxygens (including phenoxy) is 2. The third kappa shape index (κ3) is 4.63. The lowest BCUT2D eigenvalue weighted by atomic mass is 10.1. The molecule has 128 valence electrons. The molecular formula is C19H22INO3. The number of halogens is 1. The second-order valence-electron chi connectivity index (χ2n) is 5.45. The second-order valence-corrected chi connectivity index (χ2v) is 6.53. The summed E-state index contributed by atoms with van der Waals surface area (Å²) in [7, 11) is 1.60. The first kappa shape index (κ1) is 18.6. The minimum Gasteiger partial charge on any atom is -0.497 e. The lowest BCUT2D eigenvalue weighted by Crippen LogP contribution is -2.15. The Bertz CT molecular complexity index is 716. The first-order valence-electron chi connectivity index (χ1n) is 7.94. The van der Waals surface area contributed by atoms with E-state index < -0.39 is 0 Å². The van der Waals surface area contributed by atoms with E-state index in [0.29, 0.717) is 29.4 Å². The Labute approximate surface area is 156 Å². The predicted molar refractivity (Wildman–Crippen MR) is 105 cm³/mol. The fourth-order valence-electron chi connectivity index (χ4n) is 2.20. The van der Waals surface area contributed by atoms with Crippen molar-refractivity contribution in [2.24, 2.45) is 0 Å². The van der Waals surface area contributed by atoms with Crippen molar-refractivity contribution in [3.8, 4) is 11.5 Å². The summed E-state index contributed by atoms with van der Waals surface area (Å²) >= 11 is 2.20.